The Kier molecular flexibility index (Phi) is 8.09. The Balaban J connectivity index is 1.74. The van der Waals surface area contributed by atoms with Crippen molar-refractivity contribution in [3.63, 3.8) is 0 Å². The molecule has 160 valence electrons. The number of benzene rings is 2. The highest BCUT2D eigenvalue weighted by molar-refractivity contribution is 5.81. The van der Waals surface area contributed by atoms with E-state index in [0.717, 1.165) is 34.4 Å². The number of esters is 1. The lowest BCUT2D eigenvalue weighted by molar-refractivity contribution is -0.138. The molecule has 3 rings (SSSR count). The van der Waals surface area contributed by atoms with Crippen LogP contribution in [0.4, 0.5) is 0 Å². The SMILES string of the molecule is C=CC(=O)OCCOc1cc(CCO)ccc1-c1ccc(C2CCC(C)CC2)cc1. The highest BCUT2D eigenvalue weighted by Gasteiger charge is 2.19. The van der Waals surface area contributed by atoms with E-state index in [1.807, 2.05) is 18.2 Å². The van der Waals surface area contributed by atoms with Gasteiger partial charge in [-0.25, -0.2) is 4.79 Å². The summed E-state index contributed by atoms with van der Waals surface area (Å²) in [7, 11) is 0. The van der Waals surface area contributed by atoms with Gasteiger partial charge in [-0.15, -0.1) is 0 Å². The van der Waals surface area contributed by atoms with E-state index in [0.29, 0.717) is 12.3 Å². The number of carbonyl (C=O) groups is 1. The van der Waals surface area contributed by atoms with Crippen molar-refractivity contribution in [1.82, 2.24) is 0 Å². The zero-order valence-corrected chi connectivity index (χ0v) is 17.8. The Morgan fingerprint density at radius 3 is 2.50 bits per heavy atom. The normalized spacial score (nSPS) is 18.6. The summed E-state index contributed by atoms with van der Waals surface area (Å²) in [4.78, 5) is 11.2. The summed E-state index contributed by atoms with van der Waals surface area (Å²) in [6, 6.07) is 14.8. The Morgan fingerprint density at radius 1 is 1.10 bits per heavy atom. The lowest BCUT2D eigenvalue weighted by atomic mass is 9.79. The van der Waals surface area contributed by atoms with Crippen molar-refractivity contribution in [3.05, 3.63) is 66.2 Å². The topological polar surface area (TPSA) is 55.8 Å². The van der Waals surface area contributed by atoms with E-state index in [2.05, 4.69) is 37.8 Å². The fraction of sp³-hybridized carbons (Fsp3) is 0.423. The summed E-state index contributed by atoms with van der Waals surface area (Å²) in [6.07, 6.45) is 6.88. The molecular weight excluding hydrogens is 376 g/mol. The van der Waals surface area contributed by atoms with Crippen LogP contribution in [0, 0.1) is 5.92 Å². The third-order valence-electron chi connectivity index (χ3n) is 5.91. The molecule has 1 saturated carbocycles. The van der Waals surface area contributed by atoms with Crippen LogP contribution >= 0.6 is 0 Å². The number of hydrogen-bond donors (Lipinski definition) is 1. The molecule has 0 unspecified atom stereocenters. The molecule has 2 aromatic carbocycles. The van der Waals surface area contributed by atoms with Gasteiger partial charge in [0.2, 0.25) is 0 Å². The third kappa shape index (κ3) is 5.96. The highest BCUT2D eigenvalue weighted by atomic mass is 16.6. The van der Waals surface area contributed by atoms with E-state index in [1.165, 1.54) is 31.2 Å². The number of aliphatic hydroxyl groups excluding tert-OH is 1. The second-order valence-corrected chi connectivity index (χ2v) is 8.10. The molecule has 1 aliphatic rings. The summed E-state index contributed by atoms with van der Waals surface area (Å²) in [6.45, 7) is 6.24. The molecule has 1 N–H and O–H groups in total. The minimum absolute atomic E-state index is 0.0877. The molecule has 2 aromatic rings. The first-order chi connectivity index (χ1) is 14.6. The Morgan fingerprint density at radius 2 is 1.83 bits per heavy atom. The van der Waals surface area contributed by atoms with Gasteiger partial charge in [0.25, 0.3) is 0 Å². The molecule has 0 amide bonds. The lowest BCUT2D eigenvalue weighted by Crippen LogP contribution is -2.11. The molecule has 0 radical (unpaired) electrons. The van der Waals surface area contributed by atoms with Crippen molar-refractivity contribution in [2.45, 2.75) is 44.9 Å². The average Bonchev–Trinajstić information content (AvgIpc) is 2.77. The van der Waals surface area contributed by atoms with Gasteiger partial charge in [-0.2, -0.15) is 0 Å². The van der Waals surface area contributed by atoms with Gasteiger partial charge < -0.3 is 14.6 Å². The van der Waals surface area contributed by atoms with Crippen LogP contribution in [0.25, 0.3) is 11.1 Å². The van der Waals surface area contributed by atoms with E-state index in [9.17, 15) is 9.90 Å². The van der Waals surface area contributed by atoms with Crippen LogP contribution in [0.2, 0.25) is 0 Å². The molecule has 30 heavy (non-hydrogen) atoms. The summed E-state index contributed by atoms with van der Waals surface area (Å²) in [5.41, 5.74) is 4.51. The van der Waals surface area contributed by atoms with E-state index in [1.54, 1.807) is 0 Å². The first-order valence-electron chi connectivity index (χ1n) is 10.9. The predicted octanol–water partition coefficient (Wildman–Crippen LogP) is 5.29. The lowest BCUT2D eigenvalue weighted by Gasteiger charge is -2.26. The van der Waals surface area contributed by atoms with Gasteiger partial charge in [0.05, 0.1) is 0 Å². The molecule has 0 bridgehead atoms. The Labute approximate surface area is 179 Å². The molecular formula is C26H32O4. The van der Waals surface area contributed by atoms with E-state index < -0.39 is 5.97 Å². The van der Waals surface area contributed by atoms with Gasteiger partial charge in [-0.1, -0.05) is 62.7 Å². The molecule has 0 aromatic heterocycles. The number of rotatable bonds is 9. The summed E-state index contributed by atoms with van der Waals surface area (Å²) in [5, 5.41) is 9.26. The first kappa shape index (κ1) is 22.1. The molecule has 0 heterocycles. The third-order valence-corrected chi connectivity index (χ3v) is 5.91. The average molecular weight is 409 g/mol. The van der Waals surface area contributed by atoms with Gasteiger partial charge >= 0.3 is 5.97 Å². The van der Waals surface area contributed by atoms with Crippen LogP contribution in [0.15, 0.2) is 55.1 Å². The van der Waals surface area contributed by atoms with Crippen LogP contribution in [0.3, 0.4) is 0 Å². The summed E-state index contributed by atoms with van der Waals surface area (Å²) >= 11 is 0. The van der Waals surface area contributed by atoms with Crippen molar-refractivity contribution >= 4 is 5.97 Å². The highest BCUT2D eigenvalue weighted by Crippen LogP contribution is 2.37. The van der Waals surface area contributed by atoms with Crippen molar-refractivity contribution < 1.29 is 19.4 Å². The van der Waals surface area contributed by atoms with Crippen LogP contribution in [-0.2, 0) is 16.0 Å². The van der Waals surface area contributed by atoms with Crippen molar-refractivity contribution in [2.75, 3.05) is 19.8 Å². The van der Waals surface area contributed by atoms with Gasteiger partial charge in [-0.05, 0) is 53.9 Å². The standard InChI is InChI=1S/C26H32O4/c1-3-26(28)30-17-16-29-25-18-20(14-15-27)6-13-24(25)23-11-9-22(10-12-23)21-7-4-19(2)5-8-21/h3,6,9-13,18-19,21,27H,1,4-5,7-8,14-17H2,2H3. The molecule has 1 fully saturated rings. The largest absolute Gasteiger partial charge is 0.489 e. The molecule has 0 atom stereocenters. The zero-order valence-electron chi connectivity index (χ0n) is 17.8. The van der Waals surface area contributed by atoms with Gasteiger partial charge in [0, 0.05) is 18.2 Å². The number of ether oxygens (including phenoxy) is 2. The molecule has 4 nitrogen and oxygen atoms in total. The minimum atomic E-state index is -0.458. The van der Waals surface area contributed by atoms with Crippen LogP contribution in [0.5, 0.6) is 5.75 Å². The molecule has 1 aliphatic carbocycles. The number of carbonyl (C=O) groups excluding carboxylic acids is 1. The zero-order chi connectivity index (χ0) is 21.3. The second kappa shape index (κ2) is 11.0. The first-order valence-corrected chi connectivity index (χ1v) is 10.9. The fourth-order valence-corrected chi connectivity index (χ4v) is 4.09. The molecule has 0 aliphatic heterocycles. The van der Waals surface area contributed by atoms with E-state index in [-0.39, 0.29) is 19.8 Å². The monoisotopic (exact) mass is 408 g/mol. The second-order valence-electron chi connectivity index (χ2n) is 8.10. The maximum atomic E-state index is 11.2. The van der Waals surface area contributed by atoms with Gasteiger partial charge in [0.15, 0.2) is 0 Å². The molecule has 0 saturated heterocycles. The van der Waals surface area contributed by atoms with Crippen molar-refractivity contribution in [3.8, 4) is 16.9 Å². The molecule has 4 heteroatoms. The quantitative estimate of drug-likeness (QED) is 0.348. The molecule has 0 spiro atoms. The van der Waals surface area contributed by atoms with Crippen LogP contribution in [0.1, 0.15) is 49.7 Å². The van der Waals surface area contributed by atoms with Crippen molar-refractivity contribution in [2.24, 2.45) is 5.92 Å². The summed E-state index contributed by atoms with van der Waals surface area (Å²) < 4.78 is 10.9. The maximum absolute atomic E-state index is 11.2. The van der Waals surface area contributed by atoms with Gasteiger partial charge in [-0.3, -0.25) is 0 Å². The summed E-state index contributed by atoms with van der Waals surface area (Å²) in [5.74, 6) is 1.79. The van der Waals surface area contributed by atoms with Crippen molar-refractivity contribution in [1.29, 1.82) is 0 Å². The minimum Gasteiger partial charge on any atom is -0.489 e. The Hall–Kier alpha value is -2.59. The maximum Gasteiger partial charge on any atom is 0.330 e. The predicted molar refractivity (Wildman–Crippen MR) is 120 cm³/mol. The number of hydrogen-bond acceptors (Lipinski definition) is 4. The van der Waals surface area contributed by atoms with Crippen LogP contribution < -0.4 is 4.74 Å². The van der Waals surface area contributed by atoms with E-state index in [4.69, 9.17) is 9.47 Å². The fourth-order valence-electron chi connectivity index (χ4n) is 4.09. The van der Waals surface area contributed by atoms with Crippen LogP contribution in [-0.4, -0.2) is 30.9 Å². The smallest absolute Gasteiger partial charge is 0.330 e. The number of aliphatic hydroxyl groups is 1. The van der Waals surface area contributed by atoms with E-state index >= 15 is 0 Å². The Bertz CT molecular complexity index is 833. The van der Waals surface area contributed by atoms with Gasteiger partial charge in [0.1, 0.15) is 19.0 Å².